The third-order valence-corrected chi connectivity index (χ3v) is 5.26. The summed E-state index contributed by atoms with van der Waals surface area (Å²) in [7, 11) is 1.86. The Morgan fingerprint density at radius 3 is 2.48 bits per heavy atom. The largest absolute Gasteiger partial charge is 0.310 e. The van der Waals surface area contributed by atoms with Crippen molar-refractivity contribution in [2.75, 3.05) is 5.32 Å². The average Bonchev–Trinajstić information content (AvgIpc) is 2.88. The number of hydrogen-bond donors (Lipinski definition) is 1. The molecule has 0 spiro atoms. The van der Waals surface area contributed by atoms with E-state index in [4.69, 9.17) is 0 Å². The standard InChI is InChI=1S/C22H24BrN3O/c1-14-5-6-17(15(2)13-14)9-12-20(27)24-22-21(16(3)25-26(22)4)18-7-10-19(23)11-8-18/h5-8,10-11,13H,9,12H2,1-4H3,(H,24,27). The molecule has 0 unspecified atom stereocenters. The van der Waals surface area contributed by atoms with Gasteiger partial charge in [-0.3, -0.25) is 9.48 Å². The first kappa shape index (κ1) is 19.4. The number of carbonyl (C=O) groups excluding carboxylic acids is 1. The highest BCUT2D eigenvalue weighted by molar-refractivity contribution is 9.10. The summed E-state index contributed by atoms with van der Waals surface area (Å²) < 4.78 is 2.76. The second kappa shape index (κ2) is 8.09. The van der Waals surface area contributed by atoms with Crippen LogP contribution in [0, 0.1) is 20.8 Å². The highest BCUT2D eigenvalue weighted by Crippen LogP contribution is 2.32. The molecule has 0 radical (unpaired) electrons. The van der Waals surface area contributed by atoms with Crippen LogP contribution in [0.3, 0.4) is 0 Å². The van der Waals surface area contributed by atoms with E-state index < -0.39 is 0 Å². The molecule has 2 aromatic carbocycles. The van der Waals surface area contributed by atoms with Crippen molar-refractivity contribution in [2.24, 2.45) is 7.05 Å². The van der Waals surface area contributed by atoms with E-state index in [0.29, 0.717) is 6.42 Å². The third-order valence-electron chi connectivity index (χ3n) is 4.73. The van der Waals surface area contributed by atoms with E-state index in [1.807, 2.05) is 38.2 Å². The maximum Gasteiger partial charge on any atom is 0.225 e. The van der Waals surface area contributed by atoms with Crippen LogP contribution in [0.15, 0.2) is 46.9 Å². The fourth-order valence-electron chi connectivity index (χ4n) is 3.33. The number of carbonyl (C=O) groups is 1. The Hall–Kier alpha value is -2.40. The summed E-state index contributed by atoms with van der Waals surface area (Å²) in [4.78, 5) is 12.6. The van der Waals surface area contributed by atoms with Gasteiger partial charge in [0.25, 0.3) is 0 Å². The van der Waals surface area contributed by atoms with E-state index in [-0.39, 0.29) is 5.91 Å². The number of aryl methyl sites for hydroxylation is 5. The molecule has 1 N–H and O–H groups in total. The zero-order valence-electron chi connectivity index (χ0n) is 16.1. The quantitative estimate of drug-likeness (QED) is 0.598. The summed E-state index contributed by atoms with van der Waals surface area (Å²) in [5.74, 6) is 0.733. The molecule has 1 heterocycles. The van der Waals surface area contributed by atoms with Crippen molar-refractivity contribution >= 4 is 27.7 Å². The lowest BCUT2D eigenvalue weighted by molar-refractivity contribution is -0.116. The van der Waals surface area contributed by atoms with Crippen LogP contribution in [0.25, 0.3) is 11.1 Å². The fraction of sp³-hybridized carbons (Fsp3) is 0.273. The molecule has 4 nitrogen and oxygen atoms in total. The minimum atomic E-state index is -0.00339. The average molecular weight is 426 g/mol. The van der Waals surface area contributed by atoms with Crippen LogP contribution in [0.1, 0.15) is 28.8 Å². The number of rotatable bonds is 5. The summed E-state index contributed by atoms with van der Waals surface area (Å²) in [6.45, 7) is 6.14. The van der Waals surface area contributed by atoms with Gasteiger partial charge in [-0.25, -0.2) is 0 Å². The smallest absolute Gasteiger partial charge is 0.225 e. The van der Waals surface area contributed by atoms with Crippen molar-refractivity contribution in [3.63, 3.8) is 0 Å². The SMILES string of the molecule is Cc1ccc(CCC(=O)Nc2c(-c3ccc(Br)cc3)c(C)nn2C)c(C)c1. The van der Waals surface area contributed by atoms with E-state index >= 15 is 0 Å². The summed E-state index contributed by atoms with van der Waals surface area (Å²) >= 11 is 3.46. The van der Waals surface area contributed by atoms with Crippen LogP contribution in [0.5, 0.6) is 0 Å². The number of nitrogens with one attached hydrogen (secondary N) is 1. The van der Waals surface area contributed by atoms with E-state index in [9.17, 15) is 4.79 Å². The molecule has 0 aliphatic carbocycles. The van der Waals surface area contributed by atoms with Gasteiger partial charge in [0, 0.05) is 23.5 Å². The van der Waals surface area contributed by atoms with E-state index in [1.165, 1.54) is 16.7 Å². The van der Waals surface area contributed by atoms with Gasteiger partial charge in [0.2, 0.25) is 5.91 Å². The molecule has 0 fully saturated rings. The second-order valence-electron chi connectivity index (χ2n) is 6.92. The van der Waals surface area contributed by atoms with Crippen molar-refractivity contribution in [3.8, 4) is 11.1 Å². The maximum absolute atomic E-state index is 12.6. The summed E-state index contributed by atoms with van der Waals surface area (Å²) in [6.07, 6.45) is 1.16. The van der Waals surface area contributed by atoms with Crippen molar-refractivity contribution in [1.82, 2.24) is 9.78 Å². The monoisotopic (exact) mass is 425 g/mol. The van der Waals surface area contributed by atoms with Gasteiger partial charge in [0.1, 0.15) is 5.82 Å². The number of amides is 1. The van der Waals surface area contributed by atoms with Gasteiger partial charge < -0.3 is 5.32 Å². The Labute approximate surface area is 168 Å². The lowest BCUT2D eigenvalue weighted by Gasteiger charge is -2.10. The normalized spacial score (nSPS) is 10.9. The second-order valence-corrected chi connectivity index (χ2v) is 7.83. The summed E-state index contributed by atoms with van der Waals surface area (Å²) in [5.41, 5.74) is 6.58. The molecule has 0 atom stereocenters. The molecular weight excluding hydrogens is 402 g/mol. The van der Waals surface area contributed by atoms with Crippen LogP contribution in [-0.2, 0) is 18.3 Å². The Balaban J connectivity index is 1.77. The zero-order chi connectivity index (χ0) is 19.6. The van der Waals surface area contributed by atoms with Gasteiger partial charge >= 0.3 is 0 Å². The van der Waals surface area contributed by atoms with Gasteiger partial charge in [-0.1, -0.05) is 51.8 Å². The molecule has 1 amide bonds. The number of halogens is 1. The lowest BCUT2D eigenvalue weighted by Crippen LogP contribution is -2.15. The minimum absolute atomic E-state index is 0.00339. The molecule has 0 aliphatic rings. The maximum atomic E-state index is 12.6. The van der Waals surface area contributed by atoms with Crippen molar-refractivity contribution in [2.45, 2.75) is 33.6 Å². The molecule has 0 bridgehead atoms. The van der Waals surface area contributed by atoms with E-state index in [2.05, 4.69) is 58.4 Å². The first-order chi connectivity index (χ1) is 12.8. The summed E-state index contributed by atoms with van der Waals surface area (Å²) in [6, 6.07) is 14.4. The molecule has 0 saturated carbocycles. The predicted octanol–water partition coefficient (Wildman–Crippen LogP) is 5.35. The number of anilines is 1. The molecule has 3 rings (SSSR count). The van der Waals surface area contributed by atoms with Crippen LogP contribution in [-0.4, -0.2) is 15.7 Å². The predicted molar refractivity (Wildman–Crippen MR) is 114 cm³/mol. The van der Waals surface area contributed by atoms with Gasteiger partial charge in [0.15, 0.2) is 0 Å². The van der Waals surface area contributed by atoms with Crippen LogP contribution >= 0.6 is 15.9 Å². The first-order valence-electron chi connectivity index (χ1n) is 9.00. The van der Waals surface area contributed by atoms with Crippen molar-refractivity contribution in [1.29, 1.82) is 0 Å². The highest BCUT2D eigenvalue weighted by Gasteiger charge is 2.17. The van der Waals surface area contributed by atoms with Crippen LogP contribution in [0.4, 0.5) is 5.82 Å². The van der Waals surface area contributed by atoms with E-state index in [0.717, 1.165) is 33.5 Å². The van der Waals surface area contributed by atoms with Crippen molar-refractivity contribution < 1.29 is 4.79 Å². The molecule has 0 saturated heterocycles. The van der Waals surface area contributed by atoms with Crippen LogP contribution < -0.4 is 5.32 Å². The Morgan fingerprint density at radius 1 is 1.11 bits per heavy atom. The van der Waals surface area contributed by atoms with Crippen LogP contribution in [0.2, 0.25) is 0 Å². The Kier molecular flexibility index (Phi) is 5.80. The highest BCUT2D eigenvalue weighted by atomic mass is 79.9. The molecule has 3 aromatic rings. The molecule has 140 valence electrons. The Bertz CT molecular complexity index is 974. The number of aromatic nitrogens is 2. The van der Waals surface area contributed by atoms with Gasteiger partial charge in [-0.05, 0) is 56.0 Å². The zero-order valence-corrected chi connectivity index (χ0v) is 17.7. The van der Waals surface area contributed by atoms with Gasteiger partial charge in [-0.15, -0.1) is 0 Å². The van der Waals surface area contributed by atoms with Gasteiger partial charge in [0.05, 0.1) is 5.69 Å². The Morgan fingerprint density at radius 2 is 1.81 bits per heavy atom. The topological polar surface area (TPSA) is 46.9 Å². The minimum Gasteiger partial charge on any atom is -0.310 e. The van der Waals surface area contributed by atoms with Gasteiger partial charge in [-0.2, -0.15) is 5.10 Å². The number of hydrogen-bond acceptors (Lipinski definition) is 2. The summed E-state index contributed by atoms with van der Waals surface area (Å²) in [5, 5.41) is 7.56. The molecule has 5 heteroatoms. The molecular formula is C22H24BrN3O. The van der Waals surface area contributed by atoms with Crippen molar-refractivity contribution in [3.05, 3.63) is 69.3 Å². The molecule has 1 aromatic heterocycles. The molecule has 0 aliphatic heterocycles. The number of benzene rings is 2. The van der Waals surface area contributed by atoms with E-state index in [1.54, 1.807) is 4.68 Å². The third kappa shape index (κ3) is 4.48. The first-order valence-corrected chi connectivity index (χ1v) is 9.80. The molecule has 27 heavy (non-hydrogen) atoms. The lowest BCUT2D eigenvalue weighted by atomic mass is 10.0. The number of nitrogens with zero attached hydrogens (tertiary/aromatic N) is 2. The fourth-order valence-corrected chi connectivity index (χ4v) is 3.60.